The summed E-state index contributed by atoms with van der Waals surface area (Å²) in [5, 5.41) is 11.4. The second-order valence-corrected chi connectivity index (χ2v) is 7.64. The van der Waals surface area contributed by atoms with Gasteiger partial charge >= 0.3 is 0 Å². The van der Waals surface area contributed by atoms with E-state index in [1.807, 2.05) is 13.8 Å². The van der Waals surface area contributed by atoms with Gasteiger partial charge in [0.25, 0.3) is 5.91 Å². The minimum atomic E-state index is -0.371. The van der Waals surface area contributed by atoms with E-state index >= 15 is 0 Å². The van der Waals surface area contributed by atoms with Gasteiger partial charge < -0.3 is 25.7 Å². The molecule has 0 aliphatic carbocycles. The van der Waals surface area contributed by atoms with Crippen LogP contribution in [0.5, 0.6) is 0 Å². The Labute approximate surface area is 186 Å². The largest absolute Gasteiger partial charge is 0.459 e. The summed E-state index contributed by atoms with van der Waals surface area (Å²) in [6.07, 6.45) is 1.89. The topological polar surface area (TPSA) is 112 Å². The van der Waals surface area contributed by atoms with Crippen LogP contribution in [0.4, 0.5) is 22.7 Å². The Balaban J connectivity index is 1.47. The van der Waals surface area contributed by atoms with Crippen LogP contribution in [-0.4, -0.2) is 24.3 Å². The third kappa shape index (κ3) is 7.02. The lowest BCUT2D eigenvalue weighted by atomic mass is 10.1. The van der Waals surface area contributed by atoms with Crippen molar-refractivity contribution in [3.05, 3.63) is 72.7 Å². The van der Waals surface area contributed by atoms with Crippen molar-refractivity contribution in [3.8, 4) is 0 Å². The van der Waals surface area contributed by atoms with Crippen molar-refractivity contribution >= 4 is 40.5 Å². The molecule has 0 aliphatic heterocycles. The molecule has 0 bridgehead atoms. The summed E-state index contributed by atoms with van der Waals surface area (Å²) >= 11 is 0. The zero-order chi connectivity index (χ0) is 22.9. The zero-order valence-corrected chi connectivity index (χ0v) is 18.0. The molecule has 0 atom stereocenters. The number of amides is 3. The van der Waals surface area contributed by atoms with Crippen LogP contribution in [0, 0.1) is 5.92 Å². The number of carbonyl (C=O) groups excluding carboxylic acids is 3. The fourth-order valence-corrected chi connectivity index (χ4v) is 2.92. The number of benzene rings is 2. The van der Waals surface area contributed by atoms with E-state index in [9.17, 15) is 14.4 Å². The second-order valence-electron chi connectivity index (χ2n) is 7.64. The first-order valence-electron chi connectivity index (χ1n) is 10.3. The molecule has 2 aromatic carbocycles. The van der Waals surface area contributed by atoms with Gasteiger partial charge in [-0.1, -0.05) is 19.9 Å². The molecule has 4 N–H and O–H groups in total. The Hall–Kier alpha value is -4.07. The van der Waals surface area contributed by atoms with Gasteiger partial charge in [0.05, 0.1) is 12.8 Å². The van der Waals surface area contributed by atoms with Crippen LogP contribution in [0.2, 0.25) is 0 Å². The fraction of sp³-hybridized carbons (Fsp3) is 0.208. The highest BCUT2D eigenvalue weighted by atomic mass is 16.3. The van der Waals surface area contributed by atoms with E-state index in [0.29, 0.717) is 29.4 Å². The molecule has 0 fully saturated rings. The summed E-state index contributed by atoms with van der Waals surface area (Å²) < 4.78 is 5.07. The Morgan fingerprint density at radius 3 is 2.09 bits per heavy atom. The van der Waals surface area contributed by atoms with Crippen molar-refractivity contribution in [3.63, 3.8) is 0 Å². The first-order chi connectivity index (χ1) is 15.4. The van der Waals surface area contributed by atoms with Crippen LogP contribution in [-0.2, 0) is 9.59 Å². The normalized spacial score (nSPS) is 10.5. The zero-order valence-electron chi connectivity index (χ0n) is 18.0. The van der Waals surface area contributed by atoms with Crippen molar-refractivity contribution in [1.29, 1.82) is 0 Å². The highest BCUT2D eigenvalue weighted by Gasteiger charge is 2.10. The lowest BCUT2D eigenvalue weighted by Gasteiger charge is -2.11. The maximum Gasteiger partial charge on any atom is 0.291 e. The van der Waals surface area contributed by atoms with Gasteiger partial charge in [0.2, 0.25) is 11.8 Å². The minimum absolute atomic E-state index is 0.0253. The van der Waals surface area contributed by atoms with Gasteiger partial charge in [-0.05, 0) is 60.5 Å². The molecule has 0 aliphatic rings. The van der Waals surface area contributed by atoms with Gasteiger partial charge in [-0.15, -0.1) is 0 Å². The van der Waals surface area contributed by atoms with Gasteiger partial charge in [-0.25, -0.2) is 0 Å². The van der Waals surface area contributed by atoms with E-state index in [2.05, 4.69) is 21.3 Å². The molecule has 8 nitrogen and oxygen atoms in total. The van der Waals surface area contributed by atoms with Crippen molar-refractivity contribution < 1.29 is 18.8 Å². The molecule has 32 heavy (non-hydrogen) atoms. The van der Waals surface area contributed by atoms with E-state index in [1.165, 1.54) is 6.26 Å². The summed E-state index contributed by atoms with van der Waals surface area (Å²) in [6.45, 7) is 4.04. The van der Waals surface area contributed by atoms with Gasteiger partial charge in [-0.2, -0.15) is 0 Å². The maximum atomic E-state index is 12.3. The molecule has 0 unspecified atom stereocenters. The summed E-state index contributed by atoms with van der Waals surface area (Å²) in [7, 11) is 0. The lowest BCUT2D eigenvalue weighted by molar-refractivity contribution is -0.117. The molecule has 1 heterocycles. The van der Waals surface area contributed by atoms with Gasteiger partial charge in [0, 0.05) is 29.2 Å². The molecule has 0 radical (unpaired) electrons. The molecule has 1 aromatic heterocycles. The molecule has 0 saturated carbocycles. The average molecular weight is 434 g/mol. The number of carbonyl (C=O) groups is 3. The number of rotatable bonds is 9. The summed E-state index contributed by atoms with van der Waals surface area (Å²) in [6, 6.07) is 17.2. The standard InChI is InChI=1S/C24H26N4O4/c1-16(2)13-22(29)26-18-10-8-17(9-11-18)25-15-23(30)27-19-5-3-6-20(14-19)28-24(31)21-7-4-12-32-21/h3-12,14,16,25H,13,15H2,1-2H3,(H,26,29)(H,27,30)(H,28,31). The van der Waals surface area contributed by atoms with E-state index < -0.39 is 0 Å². The van der Waals surface area contributed by atoms with E-state index in [-0.39, 0.29) is 30.0 Å². The number of hydrogen-bond acceptors (Lipinski definition) is 5. The molecule has 166 valence electrons. The molecule has 3 aromatic rings. The predicted octanol–water partition coefficient (Wildman–Crippen LogP) is 4.57. The van der Waals surface area contributed by atoms with Crippen molar-refractivity contribution in [1.82, 2.24) is 0 Å². The summed E-state index contributed by atoms with van der Waals surface area (Å²) in [5.41, 5.74) is 2.55. The van der Waals surface area contributed by atoms with Crippen LogP contribution >= 0.6 is 0 Å². The minimum Gasteiger partial charge on any atom is -0.459 e. The Morgan fingerprint density at radius 2 is 1.44 bits per heavy atom. The van der Waals surface area contributed by atoms with Crippen molar-refractivity contribution in [2.45, 2.75) is 20.3 Å². The monoisotopic (exact) mass is 434 g/mol. The fourth-order valence-electron chi connectivity index (χ4n) is 2.92. The SMILES string of the molecule is CC(C)CC(=O)Nc1ccc(NCC(=O)Nc2cccc(NC(=O)c3ccco3)c2)cc1. The van der Waals surface area contributed by atoms with Crippen LogP contribution in [0.3, 0.4) is 0 Å². The van der Waals surface area contributed by atoms with Crippen LogP contribution in [0.25, 0.3) is 0 Å². The Bertz CT molecular complexity index is 1060. The molecule has 0 saturated heterocycles. The number of nitrogens with one attached hydrogen (secondary N) is 4. The van der Waals surface area contributed by atoms with Gasteiger partial charge in [0.15, 0.2) is 5.76 Å². The van der Waals surface area contributed by atoms with E-state index in [0.717, 1.165) is 5.69 Å². The molecule has 8 heteroatoms. The third-order valence-corrected chi connectivity index (χ3v) is 4.36. The van der Waals surface area contributed by atoms with Crippen LogP contribution < -0.4 is 21.3 Å². The lowest BCUT2D eigenvalue weighted by Crippen LogP contribution is -2.22. The number of anilines is 4. The predicted molar refractivity (Wildman–Crippen MR) is 125 cm³/mol. The van der Waals surface area contributed by atoms with E-state index in [4.69, 9.17) is 4.42 Å². The highest BCUT2D eigenvalue weighted by Crippen LogP contribution is 2.17. The van der Waals surface area contributed by atoms with E-state index in [1.54, 1.807) is 60.7 Å². The van der Waals surface area contributed by atoms with Gasteiger partial charge in [-0.3, -0.25) is 14.4 Å². The Kier molecular flexibility index (Phi) is 7.64. The highest BCUT2D eigenvalue weighted by molar-refractivity contribution is 6.03. The third-order valence-electron chi connectivity index (χ3n) is 4.36. The number of furan rings is 1. The smallest absolute Gasteiger partial charge is 0.291 e. The van der Waals surface area contributed by atoms with Crippen LogP contribution in [0.1, 0.15) is 30.8 Å². The summed E-state index contributed by atoms with van der Waals surface area (Å²) in [5.74, 6) is -0.142. The number of hydrogen-bond donors (Lipinski definition) is 4. The van der Waals surface area contributed by atoms with Crippen molar-refractivity contribution in [2.75, 3.05) is 27.8 Å². The maximum absolute atomic E-state index is 12.3. The van der Waals surface area contributed by atoms with Crippen molar-refractivity contribution in [2.24, 2.45) is 5.92 Å². The summed E-state index contributed by atoms with van der Waals surface area (Å²) in [4.78, 5) is 36.2. The Morgan fingerprint density at radius 1 is 0.781 bits per heavy atom. The molecular weight excluding hydrogens is 408 g/mol. The quantitative estimate of drug-likeness (QED) is 0.394. The molecular formula is C24H26N4O4. The average Bonchev–Trinajstić information content (AvgIpc) is 3.28. The molecule has 3 rings (SSSR count). The second kappa shape index (κ2) is 10.8. The first kappa shape index (κ1) is 22.6. The van der Waals surface area contributed by atoms with Crippen LogP contribution in [0.15, 0.2) is 71.3 Å². The van der Waals surface area contributed by atoms with Gasteiger partial charge in [0.1, 0.15) is 0 Å². The molecule has 3 amide bonds. The molecule has 0 spiro atoms. The first-order valence-corrected chi connectivity index (χ1v) is 10.3.